The first-order valence-corrected chi connectivity index (χ1v) is 10.6. The fourth-order valence-electron chi connectivity index (χ4n) is 2.14. The molecular formula is C16H15N7O3S3. The fourth-order valence-corrected chi connectivity index (χ4v) is 4.03. The van der Waals surface area contributed by atoms with Gasteiger partial charge in [0.25, 0.3) is 15.9 Å². The normalized spacial score (nSPS) is 11.4. The number of rotatable bonds is 6. The molecule has 6 N–H and O–H groups in total. The van der Waals surface area contributed by atoms with E-state index in [-0.39, 0.29) is 15.8 Å². The van der Waals surface area contributed by atoms with Gasteiger partial charge < -0.3 is 16.6 Å². The molecule has 0 saturated heterocycles. The molecule has 0 aliphatic carbocycles. The summed E-state index contributed by atoms with van der Waals surface area (Å²) < 4.78 is 28.7. The van der Waals surface area contributed by atoms with Crippen molar-refractivity contribution in [3.63, 3.8) is 0 Å². The molecule has 0 aliphatic heterocycles. The molecule has 0 spiro atoms. The van der Waals surface area contributed by atoms with E-state index < -0.39 is 16.0 Å². The highest BCUT2D eigenvalue weighted by Gasteiger charge is 2.14. The van der Waals surface area contributed by atoms with Crippen molar-refractivity contribution in [1.29, 1.82) is 0 Å². The molecule has 13 heteroatoms. The molecule has 0 radical (unpaired) electrons. The van der Waals surface area contributed by atoms with Gasteiger partial charge in [-0.3, -0.25) is 5.43 Å². The number of sulfonamides is 1. The summed E-state index contributed by atoms with van der Waals surface area (Å²) in [5, 5.41) is 18.5. The molecule has 1 aromatic heterocycles. The van der Waals surface area contributed by atoms with E-state index >= 15 is 0 Å². The van der Waals surface area contributed by atoms with Gasteiger partial charge in [-0.05, 0) is 48.6 Å². The van der Waals surface area contributed by atoms with Crippen molar-refractivity contribution >= 4 is 55.9 Å². The van der Waals surface area contributed by atoms with E-state index in [1.165, 1.54) is 28.9 Å². The van der Waals surface area contributed by atoms with Crippen LogP contribution in [-0.4, -0.2) is 24.2 Å². The Morgan fingerprint density at radius 3 is 2.34 bits per heavy atom. The molecule has 3 rings (SSSR count). The topological polar surface area (TPSA) is 160 Å². The number of aromatic nitrogens is 1. The van der Waals surface area contributed by atoms with E-state index in [0.29, 0.717) is 9.64 Å². The monoisotopic (exact) mass is 449 g/mol. The molecule has 2 aromatic carbocycles. The van der Waals surface area contributed by atoms with Crippen LogP contribution in [0, 0.1) is 3.95 Å². The number of anilines is 1. The van der Waals surface area contributed by atoms with Gasteiger partial charge in [-0.2, -0.15) is 8.42 Å². The Hall–Kier alpha value is -3.29. The van der Waals surface area contributed by atoms with Crippen LogP contribution in [0.3, 0.4) is 0 Å². The highest BCUT2D eigenvalue weighted by molar-refractivity contribution is 7.90. The Labute approximate surface area is 174 Å². The Morgan fingerprint density at radius 2 is 1.72 bits per heavy atom. The van der Waals surface area contributed by atoms with Crippen LogP contribution >= 0.6 is 23.6 Å². The summed E-state index contributed by atoms with van der Waals surface area (Å²) in [6.07, 6.45) is 0. The zero-order valence-electron chi connectivity index (χ0n) is 14.6. The van der Waals surface area contributed by atoms with Crippen molar-refractivity contribution in [2.75, 3.05) is 5.43 Å². The van der Waals surface area contributed by atoms with E-state index in [1.807, 2.05) is 30.3 Å². The highest BCUT2D eigenvalue weighted by Crippen LogP contribution is 2.35. The van der Waals surface area contributed by atoms with Gasteiger partial charge >= 0.3 is 0 Å². The molecule has 0 saturated carbocycles. The highest BCUT2D eigenvalue weighted by atomic mass is 32.2. The first-order chi connectivity index (χ1) is 13.8. The van der Waals surface area contributed by atoms with Gasteiger partial charge in [0.05, 0.1) is 16.3 Å². The van der Waals surface area contributed by atoms with Crippen LogP contribution < -0.4 is 16.9 Å². The predicted octanol–water partition coefficient (Wildman–Crippen LogP) is 3.24. The molecule has 29 heavy (non-hydrogen) atoms. The number of benzene rings is 2. The molecular weight excluding hydrogens is 434 g/mol. The molecule has 0 unspecified atom stereocenters. The summed E-state index contributed by atoms with van der Waals surface area (Å²) in [5.41, 5.74) is 14.3. The van der Waals surface area contributed by atoms with Crippen molar-refractivity contribution < 1.29 is 13.5 Å². The number of hydrogen-bond acceptors (Lipinski definition) is 8. The first kappa shape index (κ1) is 20.4. The second kappa shape index (κ2) is 8.38. The van der Waals surface area contributed by atoms with Gasteiger partial charge in [-0.1, -0.05) is 29.5 Å². The average Bonchev–Trinajstić information content (AvgIpc) is 2.94. The minimum Gasteiger partial charge on any atom is -0.491 e. The number of hydrogen-bond donors (Lipinski definition) is 4. The fraction of sp³-hybridized carbons (Fsp3) is 0. The van der Waals surface area contributed by atoms with Crippen LogP contribution in [0.5, 0.6) is 5.88 Å². The van der Waals surface area contributed by atoms with Gasteiger partial charge in [0.2, 0.25) is 11.0 Å². The molecule has 0 atom stereocenters. The van der Waals surface area contributed by atoms with Crippen molar-refractivity contribution in [2.45, 2.75) is 4.90 Å². The molecule has 0 aliphatic rings. The lowest BCUT2D eigenvalue weighted by Gasteiger charge is -2.07. The second-order valence-corrected chi connectivity index (χ2v) is 8.72. The van der Waals surface area contributed by atoms with Crippen LogP contribution in [0.1, 0.15) is 0 Å². The van der Waals surface area contributed by atoms with Gasteiger partial charge in [0.15, 0.2) is 3.95 Å². The van der Waals surface area contributed by atoms with Crippen LogP contribution in [0.2, 0.25) is 0 Å². The Balaban J connectivity index is 1.81. The van der Waals surface area contributed by atoms with Crippen molar-refractivity contribution in [2.24, 2.45) is 26.1 Å². The Kier molecular flexibility index (Phi) is 5.91. The summed E-state index contributed by atoms with van der Waals surface area (Å²) in [5.74, 6) is -0.751. The third-order valence-electron chi connectivity index (χ3n) is 3.40. The first-order valence-electron chi connectivity index (χ1n) is 7.91. The third kappa shape index (κ3) is 4.96. The third-order valence-corrected chi connectivity index (χ3v) is 5.97. The number of aromatic hydroxyl groups is 1. The molecule has 10 nitrogen and oxygen atoms in total. The van der Waals surface area contributed by atoms with Crippen molar-refractivity contribution in [3.05, 3.63) is 58.6 Å². The zero-order chi connectivity index (χ0) is 21.0. The molecule has 3 aromatic rings. The van der Waals surface area contributed by atoms with E-state index in [0.717, 1.165) is 17.0 Å². The minimum absolute atomic E-state index is 0.0958. The quantitative estimate of drug-likeness (QED) is 0.194. The number of azo groups is 1. The van der Waals surface area contributed by atoms with Crippen molar-refractivity contribution in [3.8, 4) is 5.88 Å². The number of nitrogens with one attached hydrogen (secondary N) is 1. The van der Waals surface area contributed by atoms with Gasteiger partial charge in [-0.15, -0.1) is 14.6 Å². The number of para-hydroxylation sites is 1. The standard InChI is InChI=1S/C16H15N7O3S3/c17-15(18)22-29(25,26)12-8-6-10(7-9-12)19-20-13-14(24)23(16(27)28-13)21-11-4-2-1-3-5-11/h1-9,21,24H,(H4,17,18,22). The maximum Gasteiger partial charge on any atom is 0.285 e. The second-order valence-electron chi connectivity index (χ2n) is 5.50. The zero-order valence-corrected chi connectivity index (χ0v) is 17.1. The molecule has 0 fully saturated rings. The van der Waals surface area contributed by atoms with Gasteiger partial charge in [-0.25, -0.2) is 4.68 Å². The minimum atomic E-state index is -3.98. The molecule has 1 heterocycles. The molecule has 0 amide bonds. The summed E-state index contributed by atoms with van der Waals surface area (Å²) >= 11 is 6.30. The number of guanidine groups is 1. The number of thiazole rings is 1. The van der Waals surface area contributed by atoms with Gasteiger partial charge in [0.1, 0.15) is 0 Å². The SMILES string of the molecule is NC(N)=NS(=O)(=O)c1ccc(N=Nc2sc(=S)n(Nc3ccccc3)c2O)cc1. The van der Waals surface area contributed by atoms with Crippen molar-refractivity contribution in [1.82, 2.24) is 4.68 Å². The predicted molar refractivity (Wildman–Crippen MR) is 114 cm³/mol. The summed E-state index contributed by atoms with van der Waals surface area (Å²) in [7, 11) is -3.98. The maximum atomic E-state index is 11.9. The van der Waals surface area contributed by atoms with E-state index in [4.69, 9.17) is 23.7 Å². The largest absolute Gasteiger partial charge is 0.491 e. The maximum absolute atomic E-state index is 11.9. The van der Waals surface area contributed by atoms with Crippen LogP contribution in [0.25, 0.3) is 0 Å². The van der Waals surface area contributed by atoms with Gasteiger partial charge in [0, 0.05) is 0 Å². The van der Waals surface area contributed by atoms with Crippen LogP contribution in [0.4, 0.5) is 16.4 Å². The number of nitrogens with zero attached hydrogens (tertiary/aromatic N) is 4. The summed E-state index contributed by atoms with van der Waals surface area (Å²) in [6.45, 7) is 0. The lowest BCUT2D eigenvalue weighted by atomic mass is 10.3. The van der Waals surface area contributed by atoms with E-state index in [2.05, 4.69) is 20.1 Å². The average molecular weight is 450 g/mol. The lowest BCUT2D eigenvalue weighted by molar-refractivity contribution is 0.436. The number of nitrogens with two attached hydrogens (primary N) is 2. The summed E-state index contributed by atoms with van der Waals surface area (Å²) in [4.78, 5) is -0.0958. The summed E-state index contributed by atoms with van der Waals surface area (Å²) in [6, 6.07) is 14.6. The molecule has 0 bridgehead atoms. The Bertz CT molecular complexity index is 1230. The smallest absolute Gasteiger partial charge is 0.285 e. The van der Waals surface area contributed by atoms with E-state index in [9.17, 15) is 13.5 Å². The van der Waals surface area contributed by atoms with Crippen LogP contribution in [0.15, 0.2) is 74.1 Å². The molecule has 150 valence electrons. The van der Waals surface area contributed by atoms with E-state index in [1.54, 1.807) is 0 Å². The Morgan fingerprint density at radius 1 is 1.07 bits per heavy atom. The van der Waals surface area contributed by atoms with Crippen LogP contribution in [-0.2, 0) is 10.0 Å². The lowest BCUT2D eigenvalue weighted by Crippen LogP contribution is -2.24.